The molecule has 2 saturated heterocycles. The van der Waals surface area contributed by atoms with Crippen LogP contribution in [0.4, 0.5) is 0 Å². The Morgan fingerprint density at radius 3 is 3.00 bits per heavy atom. The van der Waals surface area contributed by atoms with Gasteiger partial charge < -0.3 is 10.1 Å². The summed E-state index contributed by atoms with van der Waals surface area (Å²) in [4.78, 5) is 2.56. The van der Waals surface area contributed by atoms with Crippen molar-refractivity contribution in [1.82, 2.24) is 10.2 Å². The number of hydrogen-bond donors (Lipinski definition) is 1. The van der Waals surface area contributed by atoms with Crippen molar-refractivity contribution < 1.29 is 4.74 Å². The van der Waals surface area contributed by atoms with Gasteiger partial charge in [-0.25, -0.2) is 0 Å². The Labute approximate surface area is 86.8 Å². The van der Waals surface area contributed by atoms with E-state index in [0.717, 1.165) is 12.6 Å². The molecule has 2 aliphatic heterocycles. The SMILES string of the molecule is COC1CCCN(CC2CCCN2)C1. The van der Waals surface area contributed by atoms with E-state index in [9.17, 15) is 0 Å². The van der Waals surface area contributed by atoms with Gasteiger partial charge in [-0.05, 0) is 38.8 Å². The maximum absolute atomic E-state index is 5.42. The van der Waals surface area contributed by atoms with E-state index in [1.165, 1.54) is 45.3 Å². The molecule has 0 aromatic heterocycles. The lowest BCUT2D eigenvalue weighted by molar-refractivity contribution is 0.0288. The van der Waals surface area contributed by atoms with Crippen molar-refractivity contribution in [2.45, 2.75) is 37.8 Å². The maximum Gasteiger partial charge on any atom is 0.0698 e. The zero-order chi connectivity index (χ0) is 9.80. The van der Waals surface area contributed by atoms with Crippen LogP contribution in [-0.4, -0.2) is 50.3 Å². The van der Waals surface area contributed by atoms with Crippen LogP contribution < -0.4 is 5.32 Å². The van der Waals surface area contributed by atoms with Crippen LogP contribution in [0.15, 0.2) is 0 Å². The molecule has 1 N–H and O–H groups in total. The molecule has 3 nitrogen and oxygen atoms in total. The van der Waals surface area contributed by atoms with Gasteiger partial charge in [0.05, 0.1) is 6.10 Å². The van der Waals surface area contributed by atoms with Crippen LogP contribution in [0.3, 0.4) is 0 Å². The van der Waals surface area contributed by atoms with Gasteiger partial charge >= 0.3 is 0 Å². The molecule has 0 aromatic rings. The van der Waals surface area contributed by atoms with Crippen LogP contribution in [0.25, 0.3) is 0 Å². The average molecular weight is 198 g/mol. The summed E-state index contributed by atoms with van der Waals surface area (Å²) in [7, 11) is 1.84. The van der Waals surface area contributed by atoms with E-state index in [-0.39, 0.29) is 0 Å². The Kier molecular flexibility index (Phi) is 3.79. The fraction of sp³-hybridized carbons (Fsp3) is 1.00. The first-order chi connectivity index (χ1) is 6.88. The summed E-state index contributed by atoms with van der Waals surface area (Å²) in [6.45, 7) is 4.83. The number of hydrogen-bond acceptors (Lipinski definition) is 3. The van der Waals surface area contributed by atoms with Gasteiger partial charge in [-0.2, -0.15) is 0 Å². The van der Waals surface area contributed by atoms with Gasteiger partial charge in [-0.15, -0.1) is 0 Å². The summed E-state index contributed by atoms with van der Waals surface area (Å²) in [5.74, 6) is 0. The summed E-state index contributed by atoms with van der Waals surface area (Å²) in [5, 5.41) is 3.55. The van der Waals surface area contributed by atoms with Crippen LogP contribution in [0.1, 0.15) is 25.7 Å². The van der Waals surface area contributed by atoms with Gasteiger partial charge in [0.15, 0.2) is 0 Å². The van der Waals surface area contributed by atoms with E-state index in [4.69, 9.17) is 4.74 Å². The second kappa shape index (κ2) is 5.10. The maximum atomic E-state index is 5.42. The number of ether oxygens (including phenoxy) is 1. The van der Waals surface area contributed by atoms with Gasteiger partial charge in [-0.3, -0.25) is 4.90 Å². The quantitative estimate of drug-likeness (QED) is 0.727. The van der Waals surface area contributed by atoms with E-state index in [1.807, 2.05) is 7.11 Å². The molecule has 2 aliphatic rings. The molecule has 2 unspecified atom stereocenters. The number of rotatable bonds is 3. The lowest BCUT2D eigenvalue weighted by Crippen LogP contribution is -2.45. The van der Waals surface area contributed by atoms with Crippen molar-refractivity contribution in [1.29, 1.82) is 0 Å². The monoisotopic (exact) mass is 198 g/mol. The zero-order valence-corrected chi connectivity index (χ0v) is 9.17. The number of nitrogens with one attached hydrogen (secondary N) is 1. The Bertz CT molecular complexity index is 169. The Morgan fingerprint density at radius 2 is 2.29 bits per heavy atom. The first-order valence-electron chi connectivity index (χ1n) is 5.87. The second-order valence-electron chi connectivity index (χ2n) is 4.55. The van der Waals surface area contributed by atoms with Gasteiger partial charge in [-0.1, -0.05) is 0 Å². The van der Waals surface area contributed by atoms with Gasteiger partial charge in [0, 0.05) is 26.2 Å². The number of piperidine rings is 1. The van der Waals surface area contributed by atoms with Crippen LogP contribution in [0.2, 0.25) is 0 Å². The van der Waals surface area contributed by atoms with E-state index in [2.05, 4.69) is 10.2 Å². The lowest BCUT2D eigenvalue weighted by atomic mass is 10.1. The van der Waals surface area contributed by atoms with Crippen LogP contribution in [-0.2, 0) is 4.74 Å². The van der Waals surface area contributed by atoms with Crippen molar-refractivity contribution in [3.8, 4) is 0 Å². The fourth-order valence-electron chi connectivity index (χ4n) is 2.60. The molecular formula is C11H22N2O. The zero-order valence-electron chi connectivity index (χ0n) is 9.17. The highest BCUT2D eigenvalue weighted by Crippen LogP contribution is 2.14. The molecule has 14 heavy (non-hydrogen) atoms. The summed E-state index contributed by atoms with van der Waals surface area (Å²) >= 11 is 0. The summed E-state index contributed by atoms with van der Waals surface area (Å²) in [6.07, 6.45) is 5.72. The second-order valence-corrected chi connectivity index (χ2v) is 4.55. The van der Waals surface area contributed by atoms with Gasteiger partial charge in [0.25, 0.3) is 0 Å². The van der Waals surface area contributed by atoms with Crippen LogP contribution >= 0.6 is 0 Å². The first kappa shape index (κ1) is 10.4. The predicted molar refractivity (Wildman–Crippen MR) is 57.5 cm³/mol. The summed E-state index contributed by atoms with van der Waals surface area (Å²) in [5.41, 5.74) is 0. The van der Waals surface area contributed by atoms with E-state index < -0.39 is 0 Å². The molecule has 82 valence electrons. The van der Waals surface area contributed by atoms with Crippen LogP contribution in [0, 0.1) is 0 Å². The van der Waals surface area contributed by atoms with Gasteiger partial charge in [0.2, 0.25) is 0 Å². The molecule has 2 atom stereocenters. The van der Waals surface area contributed by atoms with E-state index in [0.29, 0.717) is 6.10 Å². The molecule has 0 amide bonds. The molecular weight excluding hydrogens is 176 g/mol. The highest BCUT2D eigenvalue weighted by atomic mass is 16.5. The summed E-state index contributed by atoms with van der Waals surface area (Å²) in [6, 6.07) is 0.741. The van der Waals surface area contributed by atoms with Crippen LogP contribution in [0.5, 0.6) is 0 Å². The summed E-state index contributed by atoms with van der Waals surface area (Å²) < 4.78 is 5.42. The lowest BCUT2D eigenvalue weighted by Gasteiger charge is -2.33. The topological polar surface area (TPSA) is 24.5 Å². The largest absolute Gasteiger partial charge is 0.380 e. The third kappa shape index (κ3) is 2.69. The molecule has 0 radical (unpaired) electrons. The third-order valence-electron chi connectivity index (χ3n) is 3.44. The molecule has 3 heteroatoms. The highest BCUT2D eigenvalue weighted by Gasteiger charge is 2.23. The molecule has 2 heterocycles. The van der Waals surface area contributed by atoms with Crippen molar-refractivity contribution >= 4 is 0 Å². The minimum atomic E-state index is 0.477. The van der Waals surface area contributed by atoms with Crippen molar-refractivity contribution in [2.24, 2.45) is 0 Å². The first-order valence-corrected chi connectivity index (χ1v) is 5.87. The normalized spacial score (nSPS) is 34.9. The molecule has 0 aliphatic carbocycles. The number of likely N-dealkylation sites (tertiary alicyclic amines) is 1. The minimum absolute atomic E-state index is 0.477. The van der Waals surface area contributed by atoms with Gasteiger partial charge in [0.1, 0.15) is 0 Å². The third-order valence-corrected chi connectivity index (χ3v) is 3.44. The molecule has 2 fully saturated rings. The Morgan fingerprint density at radius 1 is 1.36 bits per heavy atom. The Balaban J connectivity index is 1.73. The van der Waals surface area contributed by atoms with E-state index >= 15 is 0 Å². The minimum Gasteiger partial charge on any atom is -0.380 e. The Hall–Kier alpha value is -0.120. The number of methoxy groups -OCH3 is 1. The average Bonchev–Trinajstić information content (AvgIpc) is 2.71. The van der Waals surface area contributed by atoms with Crippen molar-refractivity contribution in [2.75, 3.05) is 33.3 Å². The molecule has 0 spiro atoms. The highest BCUT2D eigenvalue weighted by molar-refractivity contribution is 4.81. The molecule has 2 rings (SSSR count). The standard InChI is InChI=1S/C11H22N2O/c1-14-11-5-3-7-13(9-11)8-10-4-2-6-12-10/h10-12H,2-9H2,1H3. The smallest absolute Gasteiger partial charge is 0.0698 e. The molecule has 0 saturated carbocycles. The fourth-order valence-corrected chi connectivity index (χ4v) is 2.60. The molecule has 0 aromatic carbocycles. The molecule has 0 bridgehead atoms. The van der Waals surface area contributed by atoms with Crippen molar-refractivity contribution in [3.63, 3.8) is 0 Å². The van der Waals surface area contributed by atoms with Crippen molar-refractivity contribution in [3.05, 3.63) is 0 Å². The predicted octanol–water partition coefficient (Wildman–Crippen LogP) is 0.849. The van der Waals surface area contributed by atoms with E-state index in [1.54, 1.807) is 0 Å². The number of nitrogens with zero attached hydrogens (tertiary/aromatic N) is 1.